The number of carbonyl (C=O) groups excluding carboxylic acids is 1. The van der Waals surface area contributed by atoms with Crippen LogP contribution in [0.3, 0.4) is 0 Å². The van der Waals surface area contributed by atoms with E-state index in [-0.39, 0.29) is 12.3 Å². The second-order valence-electron chi connectivity index (χ2n) is 4.75. The molecule has 0 heterocycles. The van der Waals surface area contributed by atoms with Crippen molar-refractivity contribution < 1.29 is 14.7 Å². The van der Waals surface area contributed by atoms with E-state index in [9.17, 15) is 9.59 Å². The second kappa shape index (κ2) is 7.20. The van der Waals surface area contributed by atoms with Crippen LogP contribution in [0.5, 0.6) is 0 Å². The molecule has 2 aromatic carbocycles. The van der Waals surface area contributed by atoms with Crippen LogP contribution in [0, 0.1) is 0 Å². The molecule has 5 nitrogen and oxygen atoms in total. The molecule has 114 valence electrons. The molecule has 0 saturated carbocycles. The van der Waals surface area contributed by atoms with Crippen LogP contribution < -0.4 is 11.1 Å². The Kier molecular flexibility index (Phi) is 5.30. The molecule has 2 aromatic rings. The van der Waals surface area contributed by atoms with E-state index < -0.39 is 5.97 Å². The van der Waals surface area contributed by atoms with Crippen molar-refractivity contribution in [2.24, 2.45) is 0 Å². The molecule has 6 heteroatoms. The number of rotatable bonds is 6. The van der Waals surface area contributed by atoms with Gasteiger partial charge in [0.05, 0.1) is 6.54 Å². The first-order chi connectivity index (χ1) is 10.5. The summed E-state index contributed by atoms with van der Waals surface area (Å²) in [4.78, 5) is 22.9. The number of carboxylic acid groups (broad SMARTS) is 1. The zero-order valence-corrected chi connectivity index (χ0v) is 13.3. The third kappa shape index (κ3) is 4.16. The maximum absolute atomic E-state index is 12.4. The summed E-state index contributed by atoms with van der Waals surface area (Å²) in [5, 5.41) is 11.4. The number of carboxylic acids is 1. The summed E-state index contributed by atoms with van der Waals surface area (Å²) in [5.41, 5.74) is 8.18. The Hall–Kier alpha value is -2.18. The predicted octanol–water partition coefficient (Wildman–Crippen LogP) is 2.44. The van der Waals surface area contributed by atoms with E-state index in [0.29, 0.717) is 28.9 Å². The first-order valence-electron chi connectivity index (χ1n) is 6.58. The number of nitrogens with two attached hydrogens (primary N) is 1. The van der Waals surface area contributed by atoms with Crippen molar-refractivity contribution in [2.75, 3.05) is 12.3 Å². The summed E-state index contributed by atoms with van der Waals surface area (Å²) in [5.74, 6) is -1.05. The number of nitrogen functional groups attached to an aromatic ring is 1. The molecule has 0 bridgehead atoms. The minimum atomic E-state index is -0.944. The molecular formula is C16H15BrN2O3. The Morgan fingerprint density at radius 1 is 1.09 bits per heavy atom. The quantitative estimate of drug-likeness (QED) is 0.542. The van der Waals surface area contributed by atoms with Crippen LogP contribution in [0.25, 0.3) is 0 Å². The van der Waals surface area contributed by atoms with Gasteiger partial charge in [0, 0.05) is 27.8 Å². The number of hydrogen-bond donors (Lipinski definition) is 3. The lowest BCUT2D eigenvalue weighted by Crippen LogP contribution is -2.22. The molecule has 22 heavy (non-hydrogen) atoms. The standard InChI is InChI=1S/C16H15BrN2O3/c17-13-4-1-10(2-5-13)16(22)11-3-6-14(18)12(7-11)8-19-9-15(20)21/h1-7,19H,8-9,18H2,(H,20,21). The molecule has 0 atom stereocenters. The van der Waals surface area contributed by atoms with Crippen LogP contribution >= 0.6 is 15.9 Å². The van der Waals surface area contributed by atoms with Gasteiger partial charge in [-0.3, -0.25) is 9.59 Å². The SMILES string of the molecule is Nc1ccc(C(=O)c2ccc(Br)cc2)cc1CNCC(=O)O. The molecule has 0 fully saturated rings. The van der Waals surface area contributed by atoms with E-state index in [4.69, 9.17) is 10.8 Å². The number of benzene rings is 2. The van der Waals surface area contributed by atoms with E-state index in [2.05, 4.69) is 21.2 Å². The zero-order chi connectivity index (χ0) is 16.1. The molecule has 4 N–H and O–H groups in total. The van der Waals surface area contributed by atoms with Crippen molar-refractivity contribution in [3.05, 3.63) is 63.6 Å². The topological polar surface area (TPSA) is 92.4 Å². The molecule has 2 rings (SSSR count). The van der Waals surface area contributed by atoms with Crippen LogP contribution in [0.4, 0.5) is 5.69 Å². The Balaban J connectivity index is 2.19. The van der Waals surface area contributed by atoms with Gasteiger partial charge in [-0.05, 0) is 48.0 Å². The highest BCUT2D eigenvalue weighted by atomic mass is 79.9. The first-order valence-corrected chi connectivity index (χ1v) is 7.38. The Morgan fingerprint density at radius 2 is 1.73 bits per heavy atom. The van der Waals surface area contributed by atoms with Gasteiger partial charge >= 0.3 is 5.97 Å². The maximum atomic E-state index is 12.4. The van der Waals surface area contributed by atoms with Crippen molar-refractivity contribution in [1.29, 1.82) is 0 Å². The van der Waals surface area contributed by atoms with Crippen LogP contribution in [0.15, 0.2) is 46.9 Å². The monoisotopic (exact) mass is 362 g/mol. The first kappa shape index (κ1) is 16.2. The zero-order valence-electron chi connectivity index (χ0n) is 11.7. The minimum absolute atomic E-state index is 0.105. The van der Waals surface area contributed by atoms with E-state index in [0.717, 1.165) is 4.47 Å². The van der Waals surface area contributed by atoms with Gasteiger partial charge in [-0.15, -0.1) is 0 Å². The van der Waals surface area contributed by atoms with Crippen molar-refractivity contribution in [1.82, 2.24) is 5.32 Å². The van der Waals surface area contributed by atoms with Gasteiger partial charge in [0.15, 0.2) is 5.78 Å². The lowest BCUT2D eigenvalue weighted by atomic mass is 10.0. The summed E-state index contributed by atoms with van der Waals surface area (Å²) >= 11 is 3.33. The van der Waals surface area contributed by atoms with Crippen LogP contribution in [-0.4, -0.2) is 23.4 Å². The Bertz CT molecular complexity index is 699. The second-order valence-corrected chi connectivity index (χ2v) is 5.66. The summed E-state index contributed by atoms with van der Waals surface area (Å²) in [6.45, 7) is 0.129. The van der Waals surface area contributed by atoms with E-state index in [1.165, 1.54) is 0 Å². The van der Waals surface area contributed by atoms with Gasteiger partial charge in [-0.1, -0.05) is 15.9 Å². The molecule has 0 aliphatic carbocycles. The average Bonchev–Trinajstić information content (AvgIpc) is 2.49. The van der Waals surface area contributed by atoms with Crippen LogP contribution in [0.2, 0.25) is 0 Å². The van der Waals surface area contributed by atoms with Crippen molar-refractivity contribution in [3.63, 3.8) is 0 Å². The highest BCUT2D eigenvalue weighted by Gasteiger charge is 2.11. The van der Waals surface area contributed by atoms with Gasteiger partial charge in [-0.2, -0.15) is 0 Å². The number of aliphatic carboxylic acids is 1. The van der Waals surface area contributed by atoms with E-state index in [1.54, 1.807) is 42.5 Å². The van der Waals surface area contributed by atoms with Gasteiger partial charge in [-0.25, -0.2) is 0 Å². The Labute approximate surface area is 136 Å². The summed E-state index contributed by atoms with van der Waals surface area (Å²) in [6, 6.07) is 12.1. The molecule has 0 amide bonds. The largest absolute Gasteiger partial charge is 0.480 e. The van der Waals surface area contributed by atoms with Crippen LogP contribution in [0.1, 0.15) is 21.5 Å². The fourth-order valence-corrected chi connectivity index (χ4v) is 2.24. The molecular weight excluding hydrogens is 348 g/mol. The number of nitrogens with one attached hydrogen (secondary N) is 1. The van der Waals surface area contributed by atoms with Gasteiger partial charge in [0.2, 0.25) is 0 Å². The van der Waals surface area contributed by atoms with Crippen molar-refractivity contribution >= 4 is 33.4 Å². The predicted molar refractivity (Wildman–Crippen MR) is 87.8 cm³/mol. The molecule has 0 unspecified atom stereocenters. The fourth-order valence-electron chi connectivity index (χ4n) is 1.97. The molecule has 0 spiro atoms. The number of carbonyl (C=O) groups is 2. The minimum Gasteiger partial charge on any atom is -0.480 e. The van der Waals surface area contributed by atoms with Crippen LogP contribution in [-0.2, 0) is 11.3 Å². The fraction of sp³-hybridized carbons (Fsp3) is 0.125. The molecule has 0 aromatic heterocycles. The maximum Gasteiger partial charge on any atom is 0.317 e. The van der Waals surface area contributed by atoms with Gasteiger partial charge in [0.1, 0.15) is 0 Å². The Morgan fingerprint density at radius 3 is 2.36 bits per heavy atom. The van der Waals surface area contributed by atoms with Crippen molar-refractivity contribution in [3.8, 4) is 0 Å². The van der Waals surface area contributed by atoms with E-state index >= 15 is 0 Å². The normalized spacial score (nSPS) is 10.4. The summed E-state index contributed by atoms with van der Waals surface area (Å²) in [6.07, 6.45) is 0. The highest BCUT2D eigenvalue weighted by molar-refractivity contribution is 9.10. The summed E-state index contributed by atoms with van der Waals surface area (Å²) in [7, 11) is 0. The average molecular weight is 363 g/mol. The third-order valence-corrected chi connectivity index (χ3v) is 3.63. The molecule has 0 radical (unpaired) electrons. The van der Waals surface area contributed by atoms with E-state index in [1.807, 2.05) is 0 Å². The number of anilines is 1. The van der Waals surface area contributed by atoms with Crippen molar-refractivity contribution in [2.45, 2.75) is 6.54 Å². The smallest absolute Gasteiger partial charge is 0.317 e. The number of halogens is 1. The number of hydrogen-bond acceptors (Lipinski definition) is 4. The molecule has 0 aliphatic heterocycles. The highest BCUT2D eigenvalue weighted by Crippen LogP contribution is 2.18. The molecule has 0 saturated heterocycles. The van der Waals surface area contributed by atoms with Gasteiger partial charge < -0.3 is 16.2 Å². The van der Waals surface area contributed by atoms with Gasteiger partial charge in [0.25, 0.3) is 0 Å². The summed E-state index contributed by atoms with van der Waals surface area (Å²) < 4.78 is 0.903. The molecule has 0 aliphatic rings. The lowest BCUT2D eigenvalue weighted by Gasteiger charge is -2.09. The third-order valence-electron chi connectivity index (χ3n) is 3.10. The number of ketones is 1. The lowest BCUT2D eigenvalue weighted by molar-refractivity contribution is -0.136.